The Hall–Kier alpha value is -1.64. The van der Waals surface area contributed by atoms with Crippen LogP contribution in [0, 0.1) is 17.8 Å². The monoisotopic (exact) mass is 353 g/mol. The smallest absolute Gasteiger partial charge is 0.104 e. The second kappa shape index (κ2) is 7.72. The number of nitrogens with zero attached hydrogens (tertiary/aromatic N) is 1. The Balaban J connectivity index is 1.47. The van der Waals surface area contributed by atoms with Crippen LogP contribution in [-0.2, 0) is 11.3 Å². The lowest BCUT2D eigenvalue weighted by Gasteiger charge is -2.38. The minimum Gasteiger partial charge on any atom is -0.384 e. The van der Waals surface area contributed by atoms with Gasteiger partial charge in [-0.15, -0.1) is 11.3 Å². The summed E-state index contributed by atoms with van der Waals surface area (Å²) in [5.41, 5.74) is 2.28. The van der Waals surface area contributed by atoms with E-state index in [0.717, 1.165) is 31.1 Å². The van der Waals surface area contributed by atoms with E-state index >= 15 is 0 Å². The molecule has 1 N–H and O–H groups in total. The maximum Gasteiger partial charge on any atom is 0.104 e. The highest BCUT2D eigenvalue weighted by atomic mass is 32.1. The fraction of sp³-hybridized carbons (Fsp3) is 0.429. The van der Waals surface area contributed by atoms with Gasteiger partial charge in [0.05, 0.1) is 12.2 Å². The Kier molecular flexibility index (Phi) is 5.19. The molecule has 0 radical (unpaired) electrons. The third-order valence-electron chi connectivity index (χ3n) is 4.87. The molecule has 4 rings (SSSR count). The Morgan fingerprint density at radius 3 is 2.80 bits per heavy atom. The van der Waals surface area contributed by atoms with Gasteiger partial charge in [0, 0.05) is 35.5 Å². The first-order valence-corrected chi connectivity index (χ1v) is 9.79. The second-order valence-electron chi connectivity index (χ2n) is 6.87. The molecule has 2 atom stereocenters. The van der Waals surface area contributed by atoms with Gasteiger partial charge in [-0.2, -0.15) is 0 Å². The van der Waals surface area contributed by atoms with Crippen LogP contribution in [0.4, 0.5) is 0 Å². The van der Waals surface area contributed by atoms with Gasteiger partial charge in [-0.3, -0.25) is 4.90 Å². The Morgan fingerprint density at radius 1 is 1.20 bits per heavy atom. The van der Waals surface area contributed by atoms with Crippen LogP contribution in [0.25, 0.3) is 0 Å². The molecule has 130 valence electrons. The first-order valence-electron chi connectivity index (χ1n) is 8.91. The molecule has 0 unspecified atom stereocenters. The van der Waals surface area contributed by atoms with Crippen LogP contribution in [0.2, 0.25) is 0 Å². The second-order valence-corrected chi connectivity index (χ2v) is 7.86. The number of aliphatic hydroxyl groups excluding tert-OH is 1. The standard InChI is InChI=1S/C21H23NO2S/c23-10-4-5-16-11-19(25-15-16)12-22-13-20(17-6-2-1-3-7-17)24-21(14-22)18-8-9-18/h1-3,6-7,11,15,18,20-21,23H,8-10,12-14H2/t20-,21+/m0/s1. The van der Waals surface area contributed by atoms with Crippen molar-refractivity contribution in [1.29, 1.82) is 0 Å². The summed E-state index contributed by atoms with van der Waals surface area (Å²) in [4.78, 5) is 3.85. The predicted octanol–water partition coefficient (Wildman–Crippen LogP) is 3.44. The van der Waals surface area contributed by atoms with Gasteiger partial charge >= 0.3 is 0 Å². The normalized spacial score (nSPS) is 23.9. The van der Waals surface area contributed by atoms with E-state index in [9.17, 15) is 0 Å². The molecule has 2 aromatic rings. The summed E-state index contributed by atoms with van der Waals surface area (Å²) in [6.45, 7) is 2.81. The van der Waals surface area contributed by atoms with Gasteiger partial charge < -0.3 is 9.84 Å². The minimum atomic E-state index is -0.0868. The van der Waals surface area contributed by atoms with Gasteiger partial charge in [0.15, 0.2) is 0 Å². The van der Waals surface area contributed by atoms with Crippen molar-refractivity contribution in [3.8, 4) is 11.8 Å². The highest BCUT2D eigenvalue weighted by molar-refractivity contribution is 7.10. The van der Waals surface area contributed by atoms with E-state index in [1.165, 1.54) is 23.3 Å². The van der Waals surface area contributed by atoms with E-state index in [0.29, 0.717) is 6.10 Å². The van der Waals surface area contributed by atoms with Crippen LogP contribution in [0.15, 0.2) is 41.8 Å². The van der Waals surface area contributed by atoms with Gasteiger partial charge in [-0.05, 0) is 30.4 Å². The fourth-order valence-electron chi connectivity index (χ4n) is 3.46. The Labute approximate surface area is 153 Å². The van der Waals surface area contributed by atoms with Gasteiger partial charge in [-0.1, -0.05) is 42.2 Å². The van der Waals surface area contributed by atoms with Crippen molar-refractivity contribution in [3.05, 3.63) is 57.8 Å². The summed E-state index contributed by atoms with van der Waals surface area (Å²) in [6.07, 6.45) is 3.13. The van der Waals surface area contributed by atoms with Crippen molar-refractivity contribution in [2.24, 2.45) is 5.92 Å². The number of rotatable bonds is 4. The van der Waals surface area contributed by atoms with Crippen molar-refractivity contribution in [2.75, 3.05) is 19.7 Å². The van der Waals surface area contributed by atoms with Crippen LogP contribution in [0.5, 0.6) is 0 Å². The number of hydrogen-bond donors (Lipinski definition) is 1. The molecule has 2 heterocycles. The molecule has 1 aromatic heterocycles. The Bertz CT molecular complexity index is 757. The lowest BCUT2D eigenvalue weighted by atomic mass is 10.0. The van der Waals surface area contributed by atoms with Crippen LogP contribution in [-0.4, -0.2) is 35.8 Å². The number of aliphatic hydroxyl groups is 1. The molecule has 0 bridgehead atoms. The molecule has 2 fully saturated rings. The zero-order valence-corrected chi connectivity index (χ0v) is 15.0. The van der Waals surface area contributed by atoms with Gasteiger partial charge in [0.2, 0.25) is 0 Å². The lowest BCUT2D eigenvalue weighted by Crippen LogP contribution is -2.44. The summed E-state index contributed by atoms with van der Waals surface area (Å²) in [6, 6.07) is 12.7. The topological polar surface area (TPSA) is 32.7 Å². The molecule has 3 nitrogen and oxygen atoms in total. The van der Waals surface area contributed by atoms with Crippen LogP contribution in [0.3, 0.4) is 0 Å². The third-order valence-corrected chi connectivity index (χ3v) is 5.79. The lowest BCUT2D eigenvalue weighted by molar-refractivity contribution is -0.0983. The molecular formula is C21H23NO2S. The molecule has 0 spiro atoms. The largest absolute Gasteiger partial charge is 0.384 e. The SMILES string of the molecule is OCC#Cc1csc(CN2C[C@@H](c3ccccc3)O[C@@H](C3CC3)C2)c1. The average Bonchev–Trinajstić information content (AvgIpc) is 3.41. The van der Waals surface area contributed by atoms with E-state index in [-0.39, 0.29) is 12.7 Å². The number of ether oxygens (including phenoxy) is 1. The highest BCUT2D eigenvalue weighted by Crippen LogP contribution is 2.39. The first-order chi connectivity index (χ1) is 12.3. The molecule has 1 aliphatic heterocycles. The molecule has 25 heavy (non-hydrogen) atoms. The Morgan fingerprint density at radius 2 is 2.04 bits per heavy atom. The van der Waals surface area contributed by atoms with Gasteiger partial charge in [0.25, 0.3) is 0 Å². The van der Waals surface area contributed by atoms with Crippen LogP contribution >= 0.6 is 11.3 Å². The molecule has 0 amide bonds. The molecule has 1 saturated heterocycles. The minimum absolute atomic E-state index is 0.0868. The molecule has 2 aliphatic rings. The molecule has 1 aliphatic carbocycles. The van der Waals surface area contributed by atoms with E-state index < -0.39 is 0 Å². The quantitative estimate of drug-likeness (QED) is 0.855. The highest BCUT2D eigenvalue weighted by Gasteiger charge is 2.38. The summed E-state index contributed by atoms with van der Waals surface area (Å²) in [5, 5.41) is 10.9. The number of benzene rings is 1. The van der Waals surface area contributed by atoms with Gasteiger partial charge in [-0.25, -0.2) is 0 Å². The summed E-state index contributed by atoms with van der Waals surface area (Å²) >= 11 is 1.75. The fourth-order valence-corrected chi connectivity index (χ4v) is 4.32. The third kappa shape index (κ3) is 4.31. The van der Waals surface area contributed by atoms with Crippen molar-refractivity contribution in [3.63, 3.8) is 0 Å². The number of morpholine rings is 1. The van der Waals surface area contributed by atoms with Crippen molar-refractivity contribution < 1.29 is 9.84 Å². The zero-order valence-electron chi connectivity index (χ0n) is 14.2. The zero-order chi connectivity index (χ0) is 17.1. The van der Waals surface area contributed by atoms with Gasteiger partial charge in [0.1, 0.15) is 6.61 Å². The first kappa shape index (κ1) is 16.8. The number of hydrogen-bond acceptors (Lipinski definition) is 4. The number of thiophene rings is 1. The van der Waals surface area contributed by atoms with Crippen LogP contribution < -0.4 is 0 Å². The van der Waals surface area contributed by atoms with E-state index in [1.54, 1.807) is 11.3 Å². The van der Waals surface area contributed by atoms with Crippen LogP contribution in [0.1, 0.15) is 34.9 Å². The molecule has 1 saturated carbocycles. The summed E-state index contributed by atoms with van der Waals surface area (Å²) in [7, 11) is 0. The van der Waals surface area contributed by atoms with Crippen molar-refractivity contribution >= 4 is 11.3 Å². The summed E-state index contributed by atoms with van der Waals surface area (Å²) < 4.78 is 6.43. The van der Waals surface area contributed by atoms with E-state index in [1.807, 2.05) is 0 Å². The van der Waals surface area contributed by atoms with E-state index in [4.69, 9.17) is 9.84 Å². The van der Waals surface area contributed by atoms with E-state index in [2.05, 4.69) is 58.5 Å². The maximum absolute atomic E-state index is 8.83. The van der Waals surface area contributed by atoms with Crippen molar-refractivity contribution in [1.82, 2.24) is 4.90 Å². The van der Waals surface area contributed by atoms with Crippen molar-refractivity contribution in [2.45, 2.75) is 31.6 Å². The predicted molar refractivity (Wildman–Crippen MR) is 100 cm³/mol. The maximum atomic E-state index is 8.83. The average molecular weight is 353 g/mol. The summed E-state index contributed by atoms with van der Waals surface area (Å²) in [5.74, 6) is 6.45. The molecule has 4 heteroatoms. The molecular weight excluding hydrogens is 330 g/mol. The molecule has 1 aromatic carbocycles.